The Morgan fingerprint density at radius 1 is 0.902 bits per heavy atom. The average Bonchev–Trinajstić information content (AvgIpc) is 3.41. The fourth-order valence-electron chi connectivity index (χ4n) is 4.99. The van der Waals surface area contributed by atoms with Crippen molar-refractivity contribution in [3.05, 3.63) is 139 Å². The molecule has 0 saturated heterocycles. The lowest BCUT2D eigenvalue weighted by Gasteiger charge is -2.30. The Morgan fingerprint density at radius 3 is 2.20 bits per heavy atom. The van der Waals surface area contributed by atoms with Crippen LogP contribution in [0, 0.1) is 0 Å². The van der Waals surface area contributed by atoms with Gasteiger partial charge in [0, 0.05) is 31.6 Å². The van der Waals surface area contributed by atoms with Crippen LogP contribution in [0.25, 0.3) is 11.1 Å². The predicted molar refractivity (Wildman–Crippen MR) is 162 cm³/mol. The zero-order valence-corrected chi connectivity index (χ0v) is 22.9. The van der Waals surface area contributed by atoms with E-state index < -0.39 is 11.6 Å². The molecule has 1 heterocycles. The van der Waals surface area contributed by atoms with Gasteiger partial charge in [-0.15, -0.1) is 6.58 Å². The molecule has 1 aliphatic rings. The Morgan fingerprint density at radius 2 is 1.54 bits per heavy atom. The minimum atomic E-state index is -1.25. The maximum absolute atomic E-state index is 14.0. The number of nitrogens with zero attached hydrogens (tertiary/aromatic N) is 1. The van der Waals surface area contributed by atoms with Crippen LogP contribution in [0.1, 0.15) is 29.2 Å². The molecule has 0 aliphatic carbocycles. The summed E-state index contributed by atoms with van der Waals surface area (Å²) in [5.74, 6) is 0.860. The molecule has 0 bridgehead atoms. The van der Waals surface area contributed by atoms with E-state index in [9.17, 15) is 4.79 Å². The number of amides is 1. The Kier molecular flexibility index (Phi) is 8.92. The van der Waals surface area contributed by atoms with Crippen molar-refractivity contribution in [1.29, 1.82) is 0 Å². The van der Waals surface area contributed by atoms with E-state index in [4.69, 9.17) is 19.6 Å². The number of hydrogen-bond donors (Lipinski definition) is 2. The monoisotopic (exact) mass is 546 g/mol. The van der Waals surface area contributed by atoms with Crippen LogP contribution >= 0.6 is 0 Å². The van der Waals surface area contributed by atoms with Crippen molar-refractivity contribution in [3.63, 3.8) is 0 Å². The first-order valence-corrected chi connectivity index (χ1v) is 13.8. The maximum atomic E-state index is 14.0. The molecule has 0 fully saturated rings. The summed E-state index contributed by atoms with van der Waals surface area (Å²) in [4.78, 5) is 19.0. The lowest BCUT2D eigenvalue weighted by atomic mass is 9.81. The van der Waals surface area contributed by atoms with E-state index in [0.717, 1.165) is 27.8 Å². The van der Waals surface area contributed by atoms with E-state index >= 15 is 0 Å². The zero-order chi connectivity index (χ0) is 28.5. The van der Waals surface area contributed by atoms with Gasteiger partial charge in [0.1, 0.15) is 5.75 Å². The topological polar surface area (TPSA) is 80.2 Å². The second kappa shape index (κ2) is 13.1. The largest absolute Gasteiger partial charge is 0.494 e. The van der Waals surface area contributed by atoms with E-state index in [1.54, 1.807) is 6.08 Å². The van der Waals surface area contributed by atoms with Crippen molar-refractivity contribution in [2.45, 2.75) is 24.5 Å². The number of hydrogen-bond acceptors (Lipinski definition) is 5. The van der Waals surface area contributed by atoms with E-state index in [1.165, 1.54) is 0 Å². The van der Waals surface area contributed by atoms with Gasteiger partial charge >= 0.3 is 0 Å². The van der Waals surface area contributed by atoms with Crippen LogP contribution in [0.3, 0.4) is 0 Å². The molecule has 2 N–H and O–H groups in total. The summed E-state index contributed by atoms with van der Waals surface area (Å²) in [6, 6.07) is 35.6. The molecule has 0 spiro atoms. The first kappa shape index (κ1) is 27.9. The molecule has 4 aromatic rings. The third-order valence-corrected chi connectivity index (χ3v) is 7.07. The molecule has 41 heavy (non-hydrogen) atoms. The number of benzene rings is 4. The van der Waals surface area contributed by atoms with Crippen LogP contribution in [0.15, 0.2) is 127 Å². The summed E-state index contributed by atoms with van der Waals surface area (Å²) in [5, 5.41) is 12.0. The Balaban J connectivity index is 1.54. The van der Waals surface area contributed by atoms with Crippen LogP contribution < -0.4 is 10.1 Å². The summed E-state index contributed by atoms with van der Waals surface area (Å²) >= 11 is 0. The van der Waals surface area contributed by atoms with Gasteiger partial charge in [-0.2, -0.15) is 0 Å². The van der Waals surface area contributed by atoms with Gasteiger partial charge in [0.2, 0.25) is 5.90 Å². The number of ether oxygens (including phenoxy) is 2. The summed E-state index contributed by atoms with van der Waals surface area (Å²) in [6.07, 6.45) is 1.92. The van der Waals surface area contributed by atoms with Gasteiger partial charge in [-0.25, -0.2) is 4.99 Å². The molecule has 0 radical (unpaired) electrons. The minimum Gasteiger partial charge on any atom is -0.494 e. The molecule has 1 aliphatic heterocycles. The van der Waals surface area contributed by atoms with E-state index in [0.29, 0.717) is 37.6 Å². The summed E-state index contributed by atoms with van der Waals surface area (Å²) < 4.78 is 12.3. The van der Waals surface area contributed by atoms with Crippen molar-refractivity contribution in [1.82, 2.24) is 5.32 Å². The number of rotatable bonds is 12. The van der Waals surface area contributed by atoms with Crippen molar-refractivity contribution < 1.29 is 19.4 Å². The van der Waals surface area contributed by atoms with Gasteiger partial charge in [-0.05, 0) is 46.5 Å². The molecule has 1 amide bonds. The molecular formula is C35H34N2O4. The molecule has 4 aromatic carbocycles. The van der Waals surface area contributed by atoms with Crippen molar-refractivity contribution in [2.24, 2.45) is 4.99 Å². The summed E-state index contributed by atoms with van der Waals surface area (Å²) in [6.45, 7) is 4.60. The highest BCUT2D eigenvalue weighted by Crippen LogP contribution is 2.43. The molecule has 0 aromatic heterocycles. The quantitative estimate of drug-likeness (QED) is 0.171. The summed E-state index contributed by atoms with van der Waals surface area (Å²) in [7, 11) is 0. The second-order valence-electron chi connectivity index (χ2n) is 9.94. The van der Waals surface area contributed by atoms with Gasteiger partial charge in [0.05, 0.1) is 6.61 Å². The van der Waals surface area contributed by atoms with Crippen LogP contribution in [0.4, 0.5) is 0 Å². The molecule has 0 saturated carbocycles. The number of aliphatic imine (C=N–C) groups is 1. The molecule has 208 valence electrons. The summed E-state index contributed by atoms with van der Waals surface area (Å²) in [5.41, 5.74) is 3.53. The molecule has 6 nitrogen and oxygen atoms in total. The smallest absolute Gasteiger partial charge is 0.252 e. The number of aliphatic hydroxyl groups excluding tert-OH is 1. The fraction of sp³-hybridized carbons (Fsp3) is 0.200. The Hall–Kier alpha value is -4.68. The average molecular weight is 547 g/mol. The van der Waals surface area contributed by atoms with E-state index in [-0.39, 0.29) is 12.5 Å². The fourth-order valence-corrected chi connectivity index (χ4v) is 4.99. The van der Waals surface area contributed by atoms with Crippen LogP contribution in [0.2, 0.25) is 0 Å². The van der Waals surface area contributed by atoms with E-state index in [2.05, 4.69) is 36.2 Å². The van der Waals surface area contributed by atoms with Crippen LogP contribution in [-0.4, -0.2) is 42.2 Å². The normalized spacial score (nSPS) is 17.8. The van der Waals surface area contributed by atoms with E-state index in [1.807, 2.05) is 84.9 Å². The highest BCUT2D eigenvalue weighted by atomic mass is 16.5. The third kappa shape index (κ3) is 6.39. The molecule has 5 rings (SSSR count). The van der Waals surface area contributed by atoms with Crippen molar-refractivity contribution in [3.8, 4) is 16.9 Å². The lowest BCUT2D eigenvalue weighted by molar-refractivity contribution is -0.128. The first-order chi connectivity index (χ1) is 20.1. The highest BCUT2D eigenvalue weighted by Gasteiger charge is 2.53. The third-order valence-electron chi connectivity index (χ3n) is 7.07. The predicted octanol–water partition coefficient (Wildman–Crippen LogP) is 5.92. The highest BCUT2D eigenvalue weighted by molar-refractivity contribution is 6.01. The van der Waals surface area contributed by atoms with Gasteiger partial charge in [0.15, 0.2) is 11.6 Å². The first-order valence-electron chi connectivity index (χ1n) is 13.8. The van der Waals surface area contributed by atoms with Crippen molar-refractivity contribution in [2.75, 3.05) is 19.8 Å². The lowest BCUT2D eigenvalue weighted by Crippen LogP contribution is -2.50. The standard InChI is InChI=1S/C35H34N2O4/c1-2-22-36-34(39)35(25-26-10-5-3-6-11-26)32(29-16-14-28(15-17-29)27-12-7-4-8-13-27)41-33(37-35)30-18-20-31(21-19-30)40-24-9-23-38/h2-8,10-21,32,38H,1,9,22-25H2,(H,36,39)/t32-,35-/m1/s1. The number of aliphatic hydroxyl groups is 1. The second-order valence-corrected chi connectivity index (χ2v) is 9.94. The van der Waals surface area contributed by atoms with Crippen molar-refractivity contribution >= 4 is 11.8 Å². The van der Waals surface area contributed by atoms with Gasteiger partial charge in [-0.3, -0.25) is 4.79 Å². The van der Waals surface area contributed by atoms with Gasteiger partial charge in [-0.1, -0.05) is 91.0 Å². The van der Waals surface area contributed by atoms with Crippen LogP contribution in [0.5, 0.6) is 5.75 Å². The Labute approximate surface area is 241 Å². The zero-order valence-electron chi connectivity index (χ0n) is 22.9. The molecular weight excluding hydrogens is 512 g/mol. The minimum absolute atomic E-state index is 0.0772. The number of carbonyl (C=O) groups is 1. The van der Waals surface area contributed by atoms with Gasteiger partial charge in [0.25, 0.3) is 5.91 Å². The SMILES string of the molecule is C=CCNC(=O)[C@]1(Cc2ccccc2)N=C(c2ccc(OCCCO)cc2)O[C@@H]1c1ccc(-c2ccccc2)cc1. The maximum Gasteiger partial charge on any atom is 0.252 e. The molecule has 0 unspecified atom stereocenters. The molecule has 6 heteroatoms. The van der Waals surface area contributed by atoms with Gasteiger partial charge < -0.3 is 19.9 Å². The molecule has 2 atom stereocenters. The number of carbonyl (C=O) groups excluding carboxylic acids is 1. The van der Waals surface area contributed by atoms with Crippen LogP contribution in [-0.2, 0) is 16.0 Å². The number of nitrogens with one attached hydrogen (secondary N) is 1. The Bertz CT molecular complexity index is 1470.